The number of ether oxygens (including phenoxy) is 1. The Balaban J connectivity index is 1.80. The first-order valence-electron chi connectivity index (χ1n) is 8.25. The highest BCUT2D eigenvalue weighted by molar-refractivity contribution is 6.31. The van der Waals surface area contributed by atoms with Crippen molar-refractivity contribution in [1.82, 2.24) is 4.57 Å². The predicted molar refractivity (Wildman–Crippen MR) is 105 cm³/mol. The summed E-state index contributed by atoms with van der Waals surface area (Å²) in [6, 6.07) is 10.3. The fraction of sp³-hybridized carbons (Fsp3) is 0.211. The topological polar surface area (TPSA) is 76.2 Å². The van der Waals surface area contributed by atoms with E-state index in [2.05, 4.69) is 10.2 Å². The van der Waals surface area contributed by atoms with E-state index in [9.17, 15) is 9.90 Å². The van der Waals surface area contributed by atoms with Gasteiger partial charge in [-0.25, -0.2) is 0 Å². The van der Waals surface area contributed by atoms with Crippen LogP contribution < -0.4 is 4.74 Å². The molecule has 27 heavy (non-hydrogen) atoms. The van der Waals surface area contributed by atoms with E-state index < -0.39 is 5.91 Å². The molecule has 2 aromatic carbocycles. The Morgan fingerprint density at radius 3 is 2.59 bits per heavy atom. The van der Waals surface area contributed by atoms with Gasteiger partial charge in [-0.15, -0.1) is 10.2 Å². The van der Waals surface area contributed by atoms with Crippen LogP contribution in [0.3, 0.4) is 0 Å². The SMILES string of the molecule is CCn1c(O)c(N=NC(=O)COc2ccc(Cl)cc2C)c2cc(Cl)ccc21. The lowest BCUT2D eigenvalue weighted by Crippen LogP contribution is -2.08. The lowest BCUT2D eigenvalue weighted by molar-refractivity contribution is -0.120. The number of fused-ring (bicyclic) bond motifs is 1. The number of aromatic nitrogens is 1. The van der Waals surface area contributed by atoms with Crippen LogP contribution in [0.4, 0.5) is 5.69 Å². The molecule has 1 aromatic heterocycles. The summed E-state index contributed by atoms with van der Waals surface area (Å²) in [6.07, 6.45) is 0. The van der Waals surface area contributed by atoms with E-state index in [0.29, 0.717) is 27.7 Å². The summed E-state index contributed by atoms with van der Waals surface area (Å²) >= 11 is 11.9. The number of rotatable bonds is 5. The zero-order valence-corrected chi connectivity index (χ0v) is 16.3. The first-order chi connectivity index (χ1) is 12.9. The number of carbonyl (C=O) groups is 1. The number of hydrogen-bond acceptors (Lipinski definition) is 4. The average Bonchev–Trinajstić information content (AvgIpc) is 2.89. The molecule has 0 radical (unpaired) electrons. The minimum atomic E-state index is -0.580. The summed E-state index contributed by atoms with van der Waals surface area (Å²) in [5.74, 6) is -0.107. The van der Waals surface area contributed by atoms with Crippen LogP contribution in [0.15, 0.2) is 46.6 Å². The molecule has 6 nitrogen and oxygen atoms in total. The number of aryl methyl sites for hydroxylation is 2. The molecule has 140 valence electrons. The second kappa shape index (κ2) is 7.98. The van der Waals surface area contributed by atoms with Gasteiger partial charge >= 0.3 is 5.91 Å². The van der Waals surface area contributed by atoms with Crippen LogP contribution in [0.2, 0.25) is 10.0 Å². The Hall–Kier alpha value is -2.57. The summed E-state index contributed by atoms with van der Waals surface area (Å²) in [5, 5.41) is 19.7. The van der Waals surface area contributed by atoms with Crippen molar-refractivity contribution in [3.63, 3.8) is 0 Å². The number of carbonyl (C=O) groups excluding carboxylic acids is 1. The van der Waals surface area contributed by atoms with Crippen LogP contribution in [0, 0.1) is 6.92 Å². The molecule has 0 aliphatic carbocycles. The van der Waals surface area contributed by atoms with Gasteiger partial charge in [0.2, 0.25) is 5.88 Å². The molecule has 1 amide bonds. The smallest absolute Gasteiger partial charge is 0.302 e. The third kappa shape index (κ3) is 4.07. The van der Waals surface area contributed by atoms with Gasteiger partial charge in [-0.2, -0.15) is 0 Å². The van der Waals surface area contributed by atoms with E-state index in [0.717, 1.165) is 11.1 Å². The second-order valence-electron chi connectivity index (χ2n) is 5.87. The van der Waals surface area contributed by atoms with Gasteiger partial charge < -0.3 is 14.4 Å². The summed E-state index contributed by atoms with van der Waals surface area (Å²) in [7, 11) is 0. The van der Waals surface area contributed by atoms with E-state index in [1.807, 2.05) is 13.8 Å². The second-order valence-corrected chi connectivity index (χ2v) is 6.74. The largest absolute Gasteiger partial charge is 0.493 e. The van der Waals surface area contributed by atoms with Crippen LogP contribution >= 0.6 is 23.2 Å². The number of aromatic hydroxyl groups is 1. The standard InChI is InChI=1S/C19H17Cl2N3O3/c1-3-24-15-6-4-13(21)9-14(15)18(19(24)26)23-22-17(25)10-27-16-7-5-12(20)8-11(16)2/h4-9,26H,3,10H2,1-2H3. The van der Waals surface area contributed by atoms with Crippen LogP contribution in [-0.2, 0) is 11.3 Å². The normalized spacial score (nSPS) is 11.4. The molecule has 0 saturated carbocycles. The molecular formula is C19H17Cl2N3O3. The number of halogens is 2. The summed E-state index contributed by atoms with van der Waals surface area (Å²) in [6.45, 7) is 3.98. The van der Waals surface area contributed by atoms with Crippen LogP contribution in [-0.4, -0.2) is 22.2 Å². The molecule has 1 heterocycles. The third-order valence-electron chi connectivity index (χ3n) is 4.04. The zero-order valence-electron chi connectivity index (χ0n) is 14.7. The van der Waals surface area contributed by atoms with Gasteiger partial charge in [-0.3, -0.25) is 4.79 Å². The minimum Gasteiger partial charge on any atom is -0.493 e. The van der Waals surface area contributed by atoms with E-state index >= 15 is 0 Å². The fourth-order valence-electron chi connectivity index (χ4n) is 2.76. The molecule has 0 atom stereocenters. The monoisotopic (exact) mass is 405 g/mol. The van der Waals surface area contributed by atoms with E-state index in [1.54, 1.807) is 41.0 Å². The number of nitrogens with zero attached hydrogens (tertiary/aromatic N) is 3. The Labute approximate surface area is 166 Å². The van der Waals surface area contributed by atoms with E-state index in [4.69, 9.17) is 27.9 Å². The molecule has 0 unspecified atom stereocenters. The number of hydrogen-bond donors (Lipinski definition) is 1. The lowest BCUT2D eigenvalue weighted by Gasteiger charge is -2.06. The highest BCUT2D eigenvalue weighted by Crippen LogP contribution is 2.39. The Kier molecular flexibility index (Phi) is 5.68. The van der Waals surface area contributed by atoms with Crippen LogP contribution in [0.5, 0.6) is 11.6 Å². The quantitative estimate of drug-likeness (QED) is 0.555. The Bertz CT molecular complexity index is 1040. The van der Waals surface area contributed by atoms with Gasteiger partial charge in [0.1, 0.15) is 5.75 Å². The van der Waals surface area contributed by atoms with Crippen molar-refractivity contribution < 1.29 is 14.6 Å². The predicted octanol–water partition coefficient (Wildman–Crippen LogP) is 5.67. The molecule has 0 spiro atoms. The molecule has 0 aliphatic rings. The molecule has 3 rings (SSSR count). The lowest BCUT2D eigenvalue weighted by atomic mass is 10.2. The maximum Gasteiger partial charge on any atom is 0.302 e. The van der Waals surface area contributed by atoms with Gasteiger partial charge in [0.05, 0.1) is 5.52 Å². The van der Waals surface area contributed by atoms with Gasteiger partial charge in [0.15, 0.2) is 12.3 Å². The maximum absolute atomic E-state index is 12.0. The van der Waals surface area contributed by atoms with Crippen molar-refractivity contribution in [2.75, 3.05) is 6.61 Å². The highest BCUT2D eigenvalue weighted by Gasteiger charge is 2.16. The van der Waals surface area contributed by atoms with E-state index in [-0.39, 0.29) is 18.2 Å². The molecule has 1 N–H and O–H groups in total. The molecule has 0 saturated heterocycles. The number of amides is 1. The average molecular weight is 406 g/mol. The minimum absolute atomic E-state index is 0.0687. The molecule has 0 aliphatic heterocycles. The fourth-order valence-corrected chi connectivity index (χ4v) is 3.16. The van der Waals surface area contributed by atoms with Gasteiger partial charge in [0.25, 0.3) is 0 Å². The first-order valence-corrected chi connectivity index (χ1v) is 9.00. The maximum atomic E-state index is 12.0. The van der Waals surface area contributed by atoms with E-state index in [1.165, 1.54) is 0 Å². The molecule has 0 fully saturated rings. The van der Waals surface area contributed by atoms with Crippen molar-refractivity contribution in [2.45, 2.75) is 20.4 Å². The van der Waals surface area contributed by atoms with Crippen molar-refractivity contribution in [1.29, 1.82) is 0 Å². The van der Waals surface area contributed by atoms with Crippen molar-refractivity contribution >= 4 is 45.7 Å². The van der Waals surface area contributed by atoms with Crippen molar-refractivity contribution in [3.8, 4) is 11.6 Å². The molecule has 3 aromatic rings. The summed E-state index contributed by atoms with van der Waals surface area (Å²) in [4.78, 5) is 12.0. The number of azo groups is 1. The van der Waals surface area contributed by atoms with Crippen molar-refractivity contribution in [2.24, 2.45) is 10.2 Å². The zero-order chi connectivity index (χ0) is 19.6. The third-order valence-corrected chi connectivity index (χ3v) is 4.51. The van der Waals surface area contributed by atoms with Crippen molar-refractivity contribution in [3.05, 3.63) is 52.0 Å². The van der Waals surface area contributed by atoms with Crippen LogP contribution in [0.1, 0.15) is 12.5 Å². The molecular weight excluding hydrogens is 389 g/mol. The first kappa shape index (κ1) is 19.2. The van der Waals surface area contributed by atoms with Gasteiger partial charge in [-0.05, 0) is 55.8 Å². The van der Waals surface area contributed by atoms with Gasteiger partial charge in [0, 0.05) is 22.0 Å². The Morgan fingerprint density at radius 1 is 1.19 bits per heavy atom. The van der Waals surface area contributed by atoms with Crippen LogP contribution in [0.25, 0.3) is 10.9 Å². The summed E-state index contributed by atoms with van der Waals surface area (Å²) < 4.78 is 7.12. The number of benzene rings is 2. The summed E-state index contributed by atoms with van der Waals surface area (Å²) in [5.41, 5.74) is 1.77. The molecule has 0 bridgehead atoms. The highest BCUT2D eigenvalue weighted by atomic mass is 35.5. The van der Waals surface area contributed by atoms with Gasteiger partial charge in [-0.1, -0.05) is 23.2 Å². The molecule has 8 heteroatoms. The Morgan fingerprint density at radius 2 is 1.89 bits per heavy atom.